The highest BCUT2D eigenvalue weighted by molar-refractivity contribution is 5.72. The highest BCUT2D eigenvalue weighted by Crippen LogP contribution is 2.44. The number of hydrogen-bond acceptors (Lipinski definition) is 3. The Bertz CT molecular complexity index is 891. The van der Waals surface area contributed by atoms with E-state index in [1.54, 1.807) is 12.1 Å². The van der Waals surface area contributed by atoms with E-state index in [0.29, 0.717) is 37.9 Å². The number of epoxide rings is 1. The van der Waals surface area contributed by atoms with Gasteiger partial charge in [0.15, 0.2) is 0 Å². The molecule has 0 radical (unpaired) electrons. The van der Waals surface area contributed by atoms with Crippen molar-refractivity contribution in [2.24, 2.45) is 23.7 Å². The fourth-order valence-electron chi connectivity index (χ4n) is 7.33. The molecule has 3 saturated carbocycles. The Morgan fingerprint density at radius 2 is 1.50 bits per heavy atom. The first-order valence-corrected chi connectivity index (χ1v) is 14.4. The van der Waals surface area contributed by atoms with Gasteiger partial charge in [-0.1, -0.05) is 38.3 Å². The van der Waals surface area contributed by atoms with Crippen LogP contribution in [0.1, 0.15) is 126 Å². The van der Waals surface area contributed by atoms with Gasteiger partial charge >= 0.3 is 5.97 Å². The lowest BCUT2D eigenvalue weighted by Gasteiger charge is -2.37. The highest BCUT2D eigenvalue weighted by Gasteiger charge is 2.37. The summed E-state index contributed by atoms with van der Waals surface area (Å²) in [6, 6.07) is 3.26. The molecule has 1 heterocycles. The van der Waals surface area contributed by atoms with Gasteiger partial charge in [0.1, 0.15) is 18.0 Å². The molecule has 0 N–H and O–H groups in total. The van der Waals surface area contributed by atoms with Crippen molar-refractivity contribution >= 4 is 5.97 Å². The topological polar surface area (TPSA) is 38.8 Å². The summed E-state index contributed by atoms with van der Waals surface area (Å²) in [5, 5.41) is 0. The standard InChI is InChI=1S/C30H41F3O3/c1-2-18-3-5-19(6-4-18)20-7-9-22(10-8-20)30(34)36-23-13-11-21(12-14-23)24-15-16-25(26-17-35-26)28(31)27(24)29(32)33/h15-16,18-23,26,29H,2-14,17H2,1H3. The average Bonchev–Trinajstić information content (AvgIpc) is 3.74. The van der Waals surface area contributed by atoms with Gasteiger partial charge < -0.3 is 9.47 Å². The first-order chi connectivity index (χ1) is 17.4. The zero-order valence-corrected chi connectivity index (χ0v) is 21.5. The highest BCUT2D eigenvalue weighted by atomic mass is 19.3. The SMILES string of the molecule is CCC1CCC(C2CCC(C(=O)OC3CCC(c4ccc(C5CO5)c(F)c4C(F)F)CC3)CC2)CC1. The Morgan fingerprint density at radius 3 is 2.06 bits per heavy atom. The second-order valence-corrected chi connectivity index (χ2v) is 11.8. The van der Waals surface area contributed by atoms with E-state index in [2.05, 4.69) is 6.92 Å². The average molecular weight is 507 g/mol. The van der Waals surface area contributed by atoms with E-state index in [0.717, 1.165) is 43.4 Å². The number of carbonyl (C=O) groups is 1. The third-order valence-electron chi connectivity index (χ3n) is 9.78. The quantitative estimate of drug-likeness (QED) is 0.275. The van der Waals surface area contributed by atoms with Gasteiger partial charge in [-0.2, -0.15) is 0 Å². The summed E-state index contributed by atoms with van der Waals surface area (Å²) in [5.41, 5.74) is 0.173. The normalized spacial score (nSPS) is 35.0. The molecule has 1 aromatic carbocycles. The monoisotopic (exact) mass is 506 g/mol. The molecule has 3 aliphatic carbocycles. The summed E-state index contributed by atoms with van der Waals surface area (Å²) in [4.78, 5) is 12.9. The minimum Gasteiger partial charge on any atom is -0.462 e. The summed E-state index contributed by atoms with van der Waals surface area (Å²) in [5.74, 6) is 1.51. The molecule has 1 unspecified atom stereocenters. The van der Waals surface area contributed by atoms with Gasteiger partial charge in [0.2, 0.25) is 0 Å². The molecule has 200 valence electrons. The minimum atomic E-state index is -2.86. The minimum absolute atomic E-state index is 0.00248. The molecule has 1 aromatic rings. The molecule has 4 aliphatic rings. The first kappa shape index (κ1) is 26.1. The number of esters is 1. The number of hydrogen-bond donors (Lipinski definition) is 0. The predicted molar refractivity (Wildman–Crippen MR) is 132 cm³/mol. The van der Waals surface area contributed by atoms with Crippen molar-refractivity contribution in [2.45, 2.75) is 115 Å². The van der Waals surface area contributed by atoms with Gasteiger partial charge in [-0.25, -0.2) is 13.2 Å². The Labute approximate surface area is 213 Å². The summed E-state index contributed by atoms with van der Waals surface area (Å²) >= 11 is 0. The van der Waals surface area contributed by atoms with Gasteiger partial charge in [0.25, 0.3) is 6.43 Å². The smallest absolute Gasteiger partial charge is 0.309 e. The van der Waals surface area contributed by atoms with Crippen LogP contribution in [0.3, 0.4) is 0 Å². The molecule has 4 fully saturated rings. The lowest BCUT2D eigenvalue weighted by molar-refractivity contribution is -0.157. The van der Waals surface area contributed by atoms with Crippen molar-refractivity contribution in [1.82, 2.24) is 0 Å². The van der Waals surface area contributed by atoms with E-state index in [1.165, 1.54) is 32.1 Å². The van der Waals surface area contributed by atoms with Crippen molar-refractivity contribution in [3.8, 4) is 0 Å². The van der Waals surface area contributed by atoms with Gasteiger partial charge in [-0.3, -0.25) is 4.79 Å². The van der Waals surface area contributed by atoms with Crippen molar-refractivity contribution < 1.29 is 27.4 Å². The summed E-state index contributed by atoms with van der Waals surface area (Å²) in [6.07, 6.45) is 10.0. The van der Waals surface area contributed by atoms with Crippen LogP contribution in [0.4, 0.5) is 13.2 Å². The van der Waals surface area contributed by atoms with Gasteiger partial charge in [-0.05, 0) is 93.4 Å². The van der Waals surface area contributed by atoms with Crippen LogP contribution in [0.15, 0.2) is 12.1 Å². The maximum atomic E-state index is 14.8. The van der Waals surface area contributed by atoms with Gasteiger partial charge in [-0.15, -0.1) is 0 Å². The maximum Gasteiger partial charge on any atom is 0.309 e. The van der Waals surface area contributed by atoms with Crippen LogP contribution in [-0.2, 0) is 14.3 Å². The first-order valence-electron chi connectivity index (χ1n) is 14.4. The molecular formula is C30H41F3O3. The van der Waals surface area contributed by atoms with Crippen molar-refractivity contribution in [3.63, 3.8) is 0 Å². The summed E-state index contributed by atoms with van der Waals surface area (Å²) in [6.45, 7) is 2.69. The Balaban J connectivity index is 1.09. The largest absolute Gasteiger partial charge is 0.462 e. The van der Waals surface area contributed by atoms with Crippen LogP contribution in [0, 0.1) is 29.5 Å². The van der Waals surface area contributed by atoms with Gasteiger partial charge in [0.05, 0.1) is 18.1 Å². The van der Waals surface area contributed by atoms with E-state index in [1.807, 2.05) is 0 Å². The third-order valence-corrected chi connectivity index (χ3v) is 9.78. The second-order valence-electron chi connectivity index (χ2n) is 11.8. The van der Waals surface area contributed by atoms with Crippen LogP contribution in [0.5, 0.6) is 0 Å². The summed E-state index contributed by atoms with van der Waals surface area (Å²) in [7, 11) is 0. The van der Waals surface area contributed by atoms with Crippen molar-refractivity contribution in [3.05, 3.63) is 34.6 Å². The lowest BCUT2D eigenvalue weighted by atomic mass is 9.69. The Hall–Kier alpha value is -1.56. The molecule has 3 nitrogen and oxygen atoms in total. The van der Waals surface area contributed by atoms with E-state index < -0.39 is 23.9 Å². The van der Waals surface area contributed by atoms with Crippen LogP contribution >= 0.6 is 0 Å². The maximum absolute atomic E-state index is 14.8. The Kier molecular flexibility index (Phi) is 8.29. The van der Waals surface area contributed by atoms with Crippen LogP contribution in [0.25, 0.3) is 0 Å². The van der Waals surface area contributed by atoms with Crippen molar-refractivity contribution in [2.75, 3.05) is 6.61 Å². The molecular weight excluding hydrogens is 465 g/mol. The van der Waals surface area contributed by atoms with E-state index in [-0.39, 0.29) is 29.5 Å². The Morgan fingerprint density at radius 1 is 0.917 bits per heavy atom. The fraction of sp³-hybridized carbons (Fsp3) is 0.767. The summed E-state index contributed by atoms with van der Waals surface area (Å²) < 4.78 is 53.4. The molecule has 5 rings (SSSR count). The molecule has 0 amide bonds. The number of alkyl halides is 2. The number of carbonyl (C=O) groups excluding carboxylic acids is 1. The van der Waals surface area contributed by atoms with E-state index >= 15 is 0 Å². The fourth-order valence-corrected chi connectivity index (χ4v) is 7.33. The lowest BCUT2D eigenvalue weighted by Crippen LogP contribution is -2.32. The van der Waals surface area contributed by atoms with E-state index in [4.69, 9.17) is 9.47 Å². The molecule has 1 aliphatic heterocycles. The third kappa shape index (κ3) is 5.79. The van der Waals surface area contributed by atoms with E-state index in [9.17, 15) is 18.0 Å². The van der Waals surface area contributed by atoms with Crippen LogP contribution < -0.4 is 0 Å². The molecule has 0 bridgehead atoms. The molecule has 1 atom stereocenters. The zero-order chi connectivity index (χ0) is 25.2. The number of rotatable bonds is 7. The van der Waals surface area contributed by atoms with Crippen LogP contribution in [0.2, 0.25) is 0 Å². The molecule has 1 saturated heterocycles. The molecule has 6 heteroatoms. The van der Waals surface area contributed by atoms with Gasteiger partial charge in [0, 0.05) is 5.56 Å². The van der Waals surface area contributed by atoms with Crippen LogP contribution in [-0.4, -0.2) is 18.7 Å². The number of halogens is 3. The molecule has 0 aromatic heterocycles. The molecule has 36 heavy (non-hydrogen) atoms. The predicted octanol–water partition coefficient (Wildman–Crippen LogP) is 8.43. The van der Waals surface area contributed by atoms with Crippen molar-refractivity contribution in [1.29, 1.82) is 0 Å². The number of benzene rings is 1. The number of ether oxygens (including phenoxy) is 2. The molecule has 0 spiro atoms. The zero-order valence-electron chi connectivity index (χ0n) is 21.5. The second kappa shape index (κ2) is 11.4.